The second-order valence-electron chi connectivity index (χ2n) is 5.72. The molecular formula is C11H16FN2O13P3. The molecule has 0 bridgehead atoms. The monoisotopic (exact) mass is 496 g/mol. The van der Waals surface area contributed by atoms with Crippen molar-refractivity contribution in [1.82, 2.24) is 9.55 Å². The van der Waals surface area contributed by atoms with Gasteiger partial charge in [-0.15, -0.1) is 0 Å². The molecular weight excluding hydrogens is 480 g/mol. The van der Waals surface area contributed by atoms with Gasteiger partial charge in [-0.2, -0.15) is 8.62 Å². The van der Waals surface area contributed by atoms with Crippen LogP contribution in [0.2, 0.25) is 0 Å². The summed E-state index contributed by atoms with van der Waals surface area (Å²) < 4.78 is 65.1. The zero-order valence-corrected chi connectivity index (χ0v) is 17.3. The molecule has 1 saturated heterocycles. The van der Waals surface area contributed by atoms with Gasteiger partial charge in [0, 0.05) is 12.6 Å². The molecule has 0 saturated carbocycles. The van der Waals surface area contributed by atoms with Crippen molar-refractivity contribution in [2.45, 2.75) is 24.9 Å². The third kappa shape index (κ3) is 6.87. The average Bonchev–Trinajstić information content (AvgIpc) is 2.90. The Bertz CT molecular complexity index is 1060. The van der Waals surface area contributed by atoms with Gasteiger partial charge in [0.1, 0.15) is 18.5 Å². The molecule has 0 aromatic carbocycles. The fraction of sp³-hybridized carbons (Fsp3) is 0.455. The number of rotatable bonds is 9. The Hall–Kier alpha value is -1.28. The third-order valence-electron chi connectivity index (χ3n) is 3.51. The molecule has 1 aliphatic heterocycles. The van der Waals surface area contributed by atoms with Gasteiger partial charge in [0.25, 0.3) is 5.56 Å². The molecule has 0 radical (unpaired) electrons. The molecule has 170 valence electrons. The van der Waals surface area contributed by atoms with Crippen molar-refractivity contribution in [3.8, 4) is 0 Å². The van der Waals surface area contributed by atoms with E-state index in [1.165, 1.54) is 0 Å². The highest BCUT2D eigenvalue weighted by Gasteiger charge is 2.43. The quantitative estimate of drug-likeness (QED) is 0.287. The summed E-state index contributed by atoms with van der Waals surface area (Å²) in [5.74, 6) is 0. The Balaban J connectivity index is 2.05. The number of aromatic nitrogens is 2. The third-order valence-corrected chi connectivity index (χ3v) is 7.31. The Morgan fingerprint density at radius 2 is 1.87 bits per heavy atom. The van der Waals surface area contributed by atoms with Crippen LogP contribution in [0.3, 0.4) is 0 Å². The van der Waals surface area contributed by atoms with E-state index in [2.05, 4.69) is 19.7 Å². The van der Waals surface area contributed by atoms with E-state index >= 15 is 0 Å². The molecule has 5 atom stereocenters. The fourth-order valence-corrected chi connectivity index (χ4v) is 5.37. The summed E-state index contributed by atoms with van der Waals surface area (Å²) in [4.78, 5) is 60.7. The lowest BCUT2D eigenvalue weighted by Gasteiger charge is -2.19. The molecule has 5 N–H and O–H groups in total. The first-order valence-corrected chi connectivity index (χ1v) is 12.2. The molecule has 19 heteroatoms. The van der Waals surface area contributed by atoms with Crippen molar-refractivity contribution in [1.29, 1.82) is 0 Å². The highest BCUT2D eigenvalue weighted by Crippen LogP contribution is 2.66. The summed E-state index contributed by atoms with van der Waals surface area (Å²) in [6.07, 6.45) is -2.84. The summed E-state index contributed by atoms with van der Waals surface area (Å²) in [6.45, 7) is 2.36. The van der Waals surface area contributed by atoms with Gasteiger partial charge in [0.2, 0.25) is 0 Å². The molecule has 1 aromatic rings. The summed E-state index contributed by atoms with van der Waals surface area (Å²) in [5.41, 5.74) is -1.66. The Kier molecular flexibility index (Phi) is 7.55. The molecule has 30 heavy (non-hydrogen) atoms. The molecule has 0 aliphatic carbocycles. The van der Waals surface area contributed by atoms with Crippen molar-refractivity contribution in [2.75, 3.05) is 6.61 Å². The Morgan fingerprint density at radius 3 is 2.43 bits per heavy atom. The summed E-state index contributed by atoms with van der Waals surface area (Å²) in [6, 6.07) is 0. The van der Waals surface area contributed by atoms with Gasteiger partial charge >= 0.3 is 29.2 Å². The van der Waals surface area contributed by atoms with Gasteiger partial charge in [0.05, 0.1) is 12.2 Å². The van der Waals surface area contributed by atoms with E-state index in [0.717, 1.165) is 16.8 Å². The van der Waals surface area contributed by atoms with Gasteiger partial charge < -0.3 is 24.3 Å². The maximum Gasteiger partial charge on any atom is 0.490 e. The molecule has 2 rings (SSSR count). The van der Waals surface area contributed by atoms with Gasteiger partial charge in [-0.1, -0.05) is 12.7 Å². The van der Waals surface area contributed by atoms with Crippen LogP contribution in [0.4, 0.5) is 4.39 Å². The number of hydrogen-bond donors (Lipinski definition) is 5. The molecule has 0 spiro atoms. The fourth-order valence-electron chi connectivity index (χ4n) is 2.34. The van der Waals surface area contributed by atoms with Gasteiger partial charge in [0.15, 0.2) is 0 Å². The second-order valence-corrected chi connectivity index (χ2v) is 10.1. The minimum Gasteiger partial charge on any atom is -0.349 e. The summed E-state index contributed by atoms with van der Waals surface area (Å²) in [7, 11) is -16.7. The molecule has 1 aliphatic rings. The topological polar surface area (TPSA) is 224 Å². The summed E-state index contributed by atoms with van der Waals surface area (Å²) in [5, 5.41) is 0. The Labute approximate surface area is 166 Å². The first kappa shape index (κ1) is 25.0. The molecule has 2 heterocycles. The molecule has 1 aromatic heterocycles. The molecule has 2 unspecified atom stereocenters. The maximum absolute atomic E-state index is 14.2. The van der Waals surface area contributed by atoms with Crippen LogP contribution < -0.4 is 11.2 Å². The number of ether oxygens (including phenoxy) is 1. The minimum atomic E-state index is -5.72. The highest BCUT2D eigenvalue weighted by molar-refractivity contribution is 7.66. The van der Waals surface area contributed by atoms with Crippen LogP contribution in [0, 0.1) is 0 Å². The maximum atomic E-state index is 14.2. The number of nitrogens with one attached hydrogen (secondary N) is 1. The van der Waals surface area contributed by atoms with E-state index < -0.39 is 66.2 Å². The van der Waals surface area contributed by atoms with E-state index in [-0.39, 0.29) is 5.56 Å². The first-order chi connectivity index (χ1) is 13.6. The van der Waals surface area contributed by atoms with Gasteiger partial charge in [-0.05, 0) is 0 Å². The zero-order chi connectivity index (χ0) is 22.9. The number of phosphoric acid groups is 3. The smallest absolute Gasteiger partial charge is 0.349 e. The first-order valence-electron chi connectivity index (χ1n) is 7.68. The van der Waals surface area contributed by atoms with Crippen LogP contribution in [0.5, 0.6) is 0 Å². The largest absolute Gasteiger partial charge is 0.490 e. The number of nitrogens with zero attached hydrogens (tertiary/aromatic N) is 1. The average molecular weight is 496 g/mol. The predicted molar refractivity (Wildman–Crippen MR) is 94.7 cm³/mol. The van der Waals surface area contributed by atoms with Crippen LogP contribution in [-0.2, 0) is 31.6 Å². The van der Waals surface area contributed by atoms with Gasteiger partial charge in [-0.25, -0.2) is 22.9 Å². The van der Waals surface area contributed by atoms with Crippen LogP contribution in [-0.4, -0.2) is 48.0 Å². The molecule has 15 nitrogen and oxygen atoms in total. The van der Waals surface area contributed by atoms with E-state index in [1.807, 2.05) is 4.98 Å². The van der Waals surface area contributed by atoms with Crippen molar-refractivity contribution in [3.63, 3.8) is 0 Å². The summed E-state index contributed by atoms with van der Waals surface area (Å²) >= 11 is 0. The number of halogens is 1. The lowest BCUT2D eigenvalue weighted by molar-refractivity contribution is -0.0349. The van der Waals surface area contributed by atoms with E-state index in [0.29, 0.717) is 0 Å². The Morgan fingerprint density at radius 1 is 1.23 bits per heavy atom. The predicted octanol–water partition coefficient (Wildman–Crippen LogP) is 0.148. The van der Waals surface area contributed by atoms with Crippen molar-refractivity contribution in [3.05, 3.63) is 39.2 Å². The highest BCUT2D eigenvalue weighted by atomic mass is 31.3. The van der Waals surface area contributed by atoms with E-state index in [9.17, 15) is 32.6 Å². The van der Waals surface area contributed by atoms with Crippen molar-refractivity contribution in [2.24, 2.45) is 0 Å². The standard InChI is InChI=1S/C11H16FN2O13P3/c1-2-6-4-14(11(16)13-10(6)15)9-3-7(12)8(25-9)5-24-29(20,21)27-30(22,23)26-28(17,18)19/h2,4,7-9H,1,3,5H2,(H,20,21)(H,22,23)(H,13,15,16)(H2,17,18,19)/t7-,8+,9+/m0/s1. The lowest BCUT2D eigenvalue weighted by atomic mass is 10.2. The zero-order valence-electron chi connectivity index (χ0n) is 14.6. The molecule has 1 fully saturated rings. The molecule has 0 amide bonds. The van der Waals surface area contributed by atoms with Crippen molar-refractivity contribution < 1.29 is 55.5 Å². The number of aromatic amines is 1. The van der Waals surface area contributed by atoms with Crippen LogP contribution >= 0.6 is 23.5 Å². The van der Waals surface area contributed by atoms with Crippen molar-refractivity contribution >= 4 is 29.5 Å². The lowest BCUT2D eigenvalue weighted by Crippen LogP contribution is -2.33. The van der Waals surface area contributed by atoms with Crippen LogP contribution in [0.15, 0.2) is 22.4 Å². The number of H-pyrrole nitrogens is 1. The van der Waals surface area contributed by atoms with E-state index in [4.69, 9.17) is 19.4 Å². The van der Waals surface area contributed by atoms with E-state index in [1.54, 1.807) is 0 Å². The van der Waals surface area contributed by atoms with Gasteiger partial charge in [-0.3, -0.25) is 18.9 Å². The normalized spacial score (nSPS) is 26.1. The number of hydrogen-bond acceptors (Lipinski definition) is 9. The number of alkyl halides is 1. The SMILES string of the molecule is C=Cc1cn([C@H]2C[C@H](F)[C@@H](COP(=O)(O)OP(=O)(O)OP(=O)(O)O)O2)c(=O)[nH]c1=O. The second kappa shape index (κ2) is 9.07. The van der Waals surface area contributed by atoms with Crippen LogP contribution in [0.1, 0.15) is 18.2 Å². The number of phosphoric ester groups is 1. The van der Waals surface area contributed by atoms with Crippen LogP contribution in [0.25, 0.3) is 6.08 Å². The minimum absolute atomic E-state index is 0.00896.